The molecule has 0 aromatic carbocycles. The molecule has 0 aliphatic heterocycles. The number of nitrogens with zero attached hydrogens (tertiary/aromatic N) is 2. The molecule has 2 heterocycles. The summed E-state index contributed by atoms with van der Waals surface area (Å²) < 4.78 is 14.6. The molecule has 0 aliphatic carbocycles. The van der Waals surface area contributed by atoms with Gasteiger partial charge >= 0.3 is 0 Å². The van der Waals surface area contributed by atoms with Crippen molar-refractivity contribution in [1.82, 2.24) is 0 Å². The molecule has 8 nitrogen and oxygen atoms in total. The monoisotopic (exact) mass is 430 g/mol. The van der Waals surface area contributed by atoms with Crippen molar-refractivity contribution < 1.29 is 53.0 Å². The Kier molecular flexibility index (Phi) is 12.7. The second kappa shape index (κ2) is 13.8. The highest BCUT2D eigenvalue weighted by molar-refractivity contribution is 5.92. The van der Waals surface area contributed by atoms with Crippen LogP contribution in [0.2, 0.25) is 0 Å². The summed E-state index contributed by atoms with van der Waals surface area (Å²) in [5, 5.41) is 0. The quantitative estimate of drug-likeness (QED) is 0.273. The van der Waals surface area contributed by atoms with Crippen molar-refractivity contribution in [2.24, 2.45) is 11.5 Å². The Hall–Kier alpha value is -2.26. The van der Waals surface area contributed by atoms with Gasteiger partial charge in [0.05, 0.1) is 13.2 Å². The van der Waals surface area contributed by atoms with Gasteiger partial charge < -0.3 is 45.8 Å². The summed E-state index contributed by atoms with van der Waals surface area (Å²) >= 11 is 0. The topological polar surface area (TPSA) is 112 Å². The summed E-state index contributed by atoms with van der Waals surface area (Å²) in [6.07, 6.45) is 8.63. The third kappa shape index (κ3) is 9.09. The number of carbonyl (C=O) groups excluding carboxylic acids is 2. The largest absolute Gasteiger partial charge is 1.00 e. The average molecular weight is 431 g/mol. The Morgan fingerprint density at radius 3 is 1.54 bits per heavy atom. The zero-order chi connectivity index (χ0) is 18.8. The van der Waals surface area contributed by atoms with E-state index in [0.29, 0.717) is 37.8 Å². The van der Waals surface area contributed by atoms with Crippen LogP contribution in [0.4, 0.5) is 0 Å². The number of carbonyl (C=O) groups is 2. The number of unbranched alkanes of at least 4 members (excludes halogenated alkanes) is 1. The van der Waals surface area contributed by atoms with Crippen molar-refractivity contribution in [2.75, 3.05) is 13.2 Å². The molecular formula is C18H24Cl2N4O4. The van der Waals surface area contributed by atoms with Crippen molar-refractivity contribution in [3.8, 4) is 0 Å². The van der Waals surface area contributed by atoms with Gasteiger partial charge in [-0.2, -0.15) is 9.13 Å². The van der Waals surface area contributed by atoms with Gasteiger partial charge in [-0.3, -0.25) is 9.59 Å². The lowest BCUT2D eigenvalue weighted by atomic mass is 10.3. The fraction of sp³-hybridized carbons (Fsp3) is 0.333. The number of ether oxygens (including phenoxy) is 2. The van der Waals surface area contributed by atoms with E-state index in [1.54, 1.807) is 45.8 Å². The molecule has 0 unspecified atom stereocenters. The maximum Gasteiger partial charge on any atom is 0.254 e. The molecule has 0 saturated heterocycles. The molecule has 2 amide bonds. The summed E-state index contributed by atoms with van der Waals surface area (Å²) in [6.45, 7) is 1.89. The van der Waals surface area contributed by atoms with Crippen LogP contribution in [0.5, 0.6) is 0 Å². The second-order valence-electron chi connectivity index (χ2n) is 5.72. The van der Waals surface area contributed by atoms with Crippen LogP contribution in [0, 0.1) is 0 Å². The van der Waals surface area contributed by atoms with E-state index in [-0.39, 0.29) is 24.8 Å². The molecule has 0 fully saturated rings. The van der Waals surface area contributed by atoms with E-state index in [2.05, 4.69) is 0 Å². The predicted molar refractivity (Wildman–Crippen MR) is 91.4 cm³/mol. The number of amides is 2. The smallest absolute Gasteiger partial charge is 0.254 e. The van der Waals surface area contributed by atoms with Gasteiger partial charge in [-0.05, 0) is 25.0 Å². The lowest BCUT2D eigenvalue weighted by Gasteiger charge is -2.03. The second-order valence-corrected chi connectivity index (χ2v) is 5.72. The summed E-state index contributed by atoms with van der Waals surface area (Å²) in [4.78, 5) is 22.2. The van der Waals surface area contributed by atoms with Crippen LogP contribution < -0.4 is 45.4 Å². The zero-order valence-corrected chi connectivity index (χ0v) is 16.8. The third-order valence-electron chi connectivity index (χ3n) is 3.59. The maximum atomic E-state index is 11.1. The van der Waals surface area contributed by atoms with Gasteiger partial charge in [0.1, 0.15) is 11.1 Å². The van der Waals surface area contributed by atoms with E-state index < -0.39 is 11.8 Å². The Bertz CT molecular complexity index is 698. The number of aromatic nitrogens is 2. The molecule has 2 aromatic heterocycles. The number of halogens is 2. The standard InChI is InChI=1S/C18H22N4O4.2ClH/c19-17(23)15-5-3-7-21(11-15)13-25-9-1-2-10-26-14-22-8-4-6-16(12-22)18(20)24;;/h3-8,11-12H,1-2,9-10,13-14H2,(H2-2,19,20,23,24);2*1H. The minimum Gasteiger partial charge on any atom is -1.00 e. The molecule has 0 bridgehead atoms. The molecule has 2 rings (SSSR count). The molecule has 154 valence electrons. The number of primary amides is 2. The fourth-order valence-corrected chi connectivity index (χ4v) is 2.24. The normalized spacial score (nSPS) is 9.86. The number of nitrogens with two attached hydrogens (primary N) is 2. The van der Waals surface area contributed by atoms with Gasteiger partial charge in [0.15, 0.2) is 24.8 Å². The van der Waals surface area contributed by atoms with Gasteiger partial charge in [-0.15, -0.1) is 0 Å². The summed E-state index contributed by atoms with van der Waals surface area (Å²) in [7, 11) is 0. The number of rotatable bonds is 11. The molecule has 0 atom stereocenters. The van der Waals surface area contributed by atoms with Gasteiger partial charge in [-0.1, -0.05) is 0 Å². The lowest BCUT2D eigenvalue weighted by Crippen LogP contribution is -3.00. The lowest BCUT2D eigenvalue weighted by molar-refractivity contribution is -0.733. The van der Waals surface area contributed by atoms with E-state index in [0.717, 1.165) is 12.8 Å². The van der Waals surface area contributed by atoms with Crippen LogP contribution in [-0.4, -0.2) is 25.0 Å². The van der Waals surface area contributed by atoms with Crippen LogP contribution in [0.1, 0.15) is 33.6 Å². The van der Waals surface area contributed by atoms with Crippen LogP contribution in [0.3, 0.4) is 0 Å². The first-order valence-corrected chi connectivity index (χ1v) is 8.29. The van der Waals surface area contributed by atoms with Crippen molar-refractivity contribution in [1.29, 1.82) is 0 Å². The molecule has 0 saturated carbocycles. The van der Waals surface area contributed by atoms with Gasteiger partial charge in [0.25, 0.3) is 25.3 Å². The molecule has 0 aliphatic rings. The van der Waals surface area contributed by atoms with Gasteiger partial charge in [-0.25, -0.2) is 0 Å². The fourth-order valence-electron chi connectivity index (χ4n) is 2.24. The Balaban J connectivity index is 0.00000364. The molecule has 10 heteroatoms. The van der Waals surface area contributed by atoms with Crippen molar-refractivity contribution in [3.05, 3.63) is 60.2 Å². The van der Waals surface area contributed by atoms with E-state index in [1.165, 1.54) is 0 Å². The minimum atomic E-state index is -0.462. The first kappa shape index (κ1) is 25.7. The van der Waals surface area contributed by atoms with Crippen LogP contribution in [-0.2, 0) is 22.9 Å². The molecule has 0 spiro atoms. The number of pyridine rings is 2. The van der Waals surface area contributed by atoms with Crippen molar-refractivity contribution in [3.63, 3.8) is 0 Å². The molecule has 4 N–H and O–H groups in total. The molecular weight excluding hydrogens is 407 g/mol. The summed E-state index contributed by atoms with van der Waals surface area (Å²) in [5.74, 6) is -0.925. The summed E-state index contributed by atoms with van der Waals surface area (Å²) in [6, 6.07) is 6.82. The third-order valence-corrected chi connectivity index (χ3v) is 3.59. The van der Waals surface area contributed by atoms with E-state index in [4.69, 9.17) is 20.9 Å². The molecule has 0 radical (unpaired) electrons. The van der Waals surface area contributed by atoms with Gasteiger partial charge in [0.2, 0.25) is 0 Å². The zero-order valence-electron chi connectivity index (χ0n) is 15.3. The van der Waals surface area contributed by atoms with Gasteiger partial charge in [0, 0.05) is 12.1 Å². The Labute approximate surface area is 176 Å². The highest BCUT2D eigenvalue weighted by Crippen LogP contribution is 1.95. The molecule has 2 aromatic rings. The van der Waals surface area contributed by atoms with Crippen LogP contribution in [0.15, 0.2) is 49.1 Å². The first-order valence-electron chi connectivity index (χ1n) is 8.29. The highest BCUT2D eigenvalue weighted by atomic mass is 35.5. The van der Waals surface area contributed by atoms with Crippen LogP contribution >= 0.6 is 0 Å². The maximum absolute atomic E-state index is 11.1. The number of hydrogen-bond acceptors (Lipinski definition) is 4. The minimum absolute atomic E-state index is 0. The van der Waals surface area contributed by atoms with E-state index in [9.17, 15) is 9.59 Å². The van der Waals surface area contributed by atoms with Crippen molar-refractivity contribution in [2.45, 2.75) is 26.3 Å². The summed E-state index contributed by atoms with van der Waals surface area (Å²) in [5.41, 5.74) is 11.4. The Morgan fingerprint density at radius 1 is 0.786 bits per heavy atom. The van der Waals surface area contributed by atoms with E-state index in [1.807, 2.05) is 12.4 Å². The Morgan fingerprint density at radius 2 is 1.18 bits per heavy atom. The number of hydrogen-bond donors (Lipinski definition) is 2. The first-order chi connectivity index (χ1) is 12.6. The highest BCUT2D eigenvalue weighted by Gasteiger charge is 2.08. The SMILES string of the molecule is NC(=O)c1ccc[n+](COCCCCOC[n+]2cccc(C(N)=O)c2)c1.[Cl-].[Cl-]. The van der Waals surface area contributed by atoms with Crippen molar-refractivity contribution >= 4 is 11.8 Å². The predicted octanol–water partition coefficient (Wildman–Crippen LogP) is -6.10. The van der Waals surface area contributed by atoms with E-state index >= 15 is 0 Å². The molecule has 28 heavy (non-hydrogen) atoms. The van der Waals surface area contributed by atoms with Crippen LogP contribution in [0.25, 0.3) is 0 Å². The average Bonchev–Trinajstić information content (AvgIpc) is 2.64.